The van der Waals surface area contributed by atoms with Crippen molar-refractivity contribution in [3.8, 4) is 0 Å². The van der Waals surface area contributed by atoms with Crippen LogP contribution >= 0.6 is 11.3 Å². The number of benzene rings is 1. The van der Waals surface area contributed by atoms with Crippen LogP contribution in [0.2, 0.25) is 0 Å². The number of carbonyl (C=O) groups is 1. The number of anilines is 1. The third-order valence-corrected chi connectivity index (χ3v) is 6.78. The average molecular weight is 336 g/mol. The molecule has 1 aliphatic rings. The molecule has 1 fully saturated rings. The summed E-state index contributed by atoms with van der Waals surface area (Å²) in [6.45, 7) is 0.768. The molecule has 1 amide bonds. The van der Waals surface area contributed by atoms with E-state index in [4.69, 9.17) is 0 Å². The minimum absolute atomic E-state index is 0.116. The van der Waals surface area contributed by atoms with E-state index in [0.717, 1.165) is 5.69 Å². The number of hydrogen-bond acceptors (Lipinski definition) is 4. The van der Waals surface area contributed by atoms with Gasteiger partial charge >= 0.3 is 0 Å². The van der Waals surface area contributed by atoms with E-state index >= 15 is 0 Å². The molecule has 0 unspecified atom stereocenters. The lowest BCUT2D eigenvalue weighted by atomic mass is 10.2. The molecule has 1 aromatic heterocycles. The van der Waals surface area contributed by atoms with Gasteiger partial charge in [0.25, 0.3) is 10.0 Å². The van der Waals surface area contributed by atoms with Crippen LogP contribution < -0.4 is 4.90 Å². The molecule has 0 N–H and O–H groups in total. The van der Waals surface area contributed by atoms with Crippen LogP contribution in [0.3, 0.4) is 0 Å². The van der Waals surface area contributed by atoms with Gasteiger partial charge in [-0.05, 0) is 30.0 Å². The zero-order valence-corrected chi connectivity index (χ0v) is 13.5. The molecule has 1 aromatic carbocycles. The quantitative estimate of drug-likeness (QED) is 0.863. The molecular weight excluding hydrogens is 320 g/mol. The molecule has 7 heteroatoms. The maximum absolute atomic E-state index is 12.6. The van der Waals surface area contributed by atoms with Gasteiger partial charge < -0.3 is 4.90 Å². The molecule has 0 bridgehead atoms. The first-order chi connectivity index (χ1) is 10.6. The predicted octanol–water partition coefficient (Wildman–Crippen LogP) is 2.18. The normalized spacial score (nSPS) is 17.5. The molecule has 0 saturated carbocycles. The van der Waals surface area contributed by atoms with Gasteiger partial charge in [-0.2, -0.15) is 4.31 Å². The van der Waals surface area contributed by atoms with Crippen LogP contribution in [0.25, 0.3) is 0 Å². The van der Waals surface area contributed by atoms with Gasteiger partial charge in [-0.1, -0.05) is 24.3 Å². The average Bonchev–Trinajstić information content (AvgIpc) is 2.99. The van der Waals surface area contributed by atoms with Gasteiger partial charge in [0, 0.05) is 18.8 Å². The molecule has 22 heavy (non-hydrogen) atoms. The summed E-state index contributed by atoms with van der Waals surface area (Å²) in [6, 6.07) is 12.6. The lowest BCUT2D eigenvalue weighted by Crippen LogP contribution is -2.39. The smallest absolute Gasteiger partial charge is 0.253 e. The van der Waals surface area contributed by atoms with Crippen LogP contribution in [0, 0.1) is 0 Å². The van der Waals surface area contributed by atoms with E-state index in [2.05, 4.69) is 0 Å². The molecule has 0 aliphatic carbocycles. The van der Waals surface area contributed by atoms with Gasteiger partial charge in [0.2, 0.25) is 5.91 Å². The van der Waals surface area contributed by atoms with Crippen LogP contribution in [0.15, 0.2) is 52.1 Å². The second-order valence-electron chi connectivity index (χ2n) is 5.01. The number of thiophene rings is 1. The summed E-state index contributed by atoms with van der Waals surface area (Å²) in [6.07, 6.45) is 0.616. The molecule has 1 saturated heterocycles. The zero-order chi connectivity index (χ0) is 15.6. The van der Waals surface area contributed by atoms with E-state index in [0.29, 0.717) is 19.5 Å². The van der Waals surface area contributed by atoms with Gasteiger partial charge in [-0.3, -0.25) is 4.79 Å². The summed E-state index contributed by atoms with van der Waals surface area (Å²) >= 11 is 1.17. The Bertz CT molecular complexity index is 742. The maximum atomic E-state index is 12.6. The Morgan fingerprint density at radius 1 is 1.00 bits per heavy atom. The lowest BCUT2D eigenvalue weighted by molar-refractivity contribution is -0.118. The van der Waals surface area contributed by atoms with Crippen LogP contribution in [0.4, 0.5) is 5.69 Å². The van der Waals surface area contributed by atoms with E-state index in [-0.39, 0.29) is 16.7 Å². The Balaban J connectivity index is 1.83. The highest BCUT2D eigenvalue weighted by Gasteiger charge is 2.31. The Kier molecular flexibility index (Phi) is 4.28. The lowest BCUT2D eigenvalue weighted by Gasteiger charge is -2.21. The number of para-hydroxylation sites is 1. The molecule has 116 valence electrons. The minimum Gasteiger partial charge on any atom is -0.311 e. The highest BCUT2D eigenvalue weighted by molar-refractivity contribution is 7.91. The van der Waals surface area contributed by atoms with E-state index in [9.17, 15) is 13.2 Å². The van der Waals surface area contributed by atoms with Crippen molar-refractivity contribution >= 4 is 33.0 Å². The molecular formula is C15H16N2O3S2. The molecule has 0 atom stereocenters. The second kappa shape index (κ2) is 6.20. The number of amides is 1. The monoisotopic (exact) mass is 336 g/mol. The maximum Gasteiger partial charge on any atom is 0.253 e. The summed E-state index contributed by atoms with van der Waals surface area (Å²) < 4.78 is 26.7. The van der Waals surface area contributed by atoms with Crippen molar-refractivity contribution in [3.05, 3.63) is 47.8 Å². The first kappa shape index (κ1) is 15.2. The largest absolute Gasteiger partial charge is 0.311 e. The fourth-order valence-corrected chi connectivity index (χ4v) is 5.04. The topological polar surface area (TPSA) is 57.7 Å². The zero-order valence-electron chi connectivity index (χ0n) is 11.9. The van der Waals surface area contributed by atoms with Crippen molar-refractivity contribution in [2.45, 2.75) is 10.6 Å². The SMILES string of the molecule is O=C1CN(S(=O)(=O)c2cccs2)CCCN1c1ccccc1. The third-order valence-electron chi connectivity index (χ3n) is 3.56. The second-order valence-corrected chi connectivity index (χ2v) is 8.12. The highest BCUT2D eigenvalue weighted by Crippen LogP contribution is 2.24. The predicted molar refractivity (Wildman–Crippen MR) is 86.5 cm³/mol. The van der Waals surface area contributed by atoms with E-state index in [1.54, 1.807) is 22.4 Å². The summed E-state index contributed by atoms with van der Waals surface area (Å²) in [5.41, 5.74) is 0.808. The standard InChI is InChI=1S/C15H16N2O3S2/c18-14-12-16(22(19,20)15-8-4-11-21-15)9-5-10-17(14)13-6-2-1-3-7-13/h1-4,6-8,11H,5,9-10,12H2. The summed E-state index contributed by atoms with van der Waals surface area (Å²) in [7, 11) is -3.58. The highest BCUT2D eigenvalue weighted by atomic mass is 32.2. The van der Waals surface area contributed by atoms with Crippen LogP contribution in [0.5, 0.6) is 0 Å². The fourth-order valence-electron chi connectivity index (χ4n) is 2.47. The van der Waals surface area contributed by atoms with Gasteiger partial charge in [-0.15, -0.1) is 11.3 Å². The van der Waals surface area contributed by atoms with Crippen LogP contribution in [-0.2, 0) is 14.8 Å². The molecule has 0 radical (unpaired) electrons. The summed E-state index contributed by atoms with van der Waals surface area (Å²) in [5, 5.41) is 1.72. The Morgan fingerprint density at radius 3 is 2.45 bits per heavy atom. The Hall–Kier alpha value is -1.70. The number of nitrogens with zero attached hydrogens (tertiary/aromatic N) is 2. The number of sulfonamides is 1. The van der Waals surface area contributed by atoms with Gasteiger partial charge in [0.1, 0.15) is 4.21 Å². The van der Waals surface area contributed by atoms with Crippen molar-refractivity contribution in [2.24, 2.45) is 0 Å². The van der Waals surface area contributed by atoms with Crippen molar-refractivity contribution < 1.29 is 13.2 Å². The van der Waals surface area contributed by atoms with E-state index in [1.165, 1.54) is 15.6 Å². The molecule has 2 heterocycles. The van der Waals surface area contributed by atoms with Gasteiger partial charge in [-0.25, -0.2) is 8.42 Å². The number of carbonyl (C=O) groups excluding carboxylic acids is 1. The molecule has 5 nitrogen and oxygen atoms in total. The van der Waals surface area contributed by atoms with E-state index in [1.807, 2.05) is 30.3 Å². The first-order valence-electron chi connectivity index (χ1n) is 6.98. The van der Waals surface area contributed by atoms with Gasteiger partial charge in [0.05, 0.1) is 6.54 Å². The molecule has 3 rings (SSSR count). The number of rotatable bonds is 3. The summed E-state index contributed by atoms with van der Waals surface area (Å²) in [4.78, 5) is 14.1. The van der Waals surface area contributed by atoms with Crippen molar-refractivity contribution in [2.75, 3.05) is 24.5 Å². The van der Waals surface area contributed by atoms with E-state index < -0.39 is 10.0 Å². The molecule has 1 aliphatic heterocycles. The number of hydrogen-bond donors (Lipinski definition) is 0. The first-order valence-corrected chi connectivity index (χ1v) is 9.30. The van der Waals surface area contributed by atoms with Crippen molar-refractivity contribution in [1.29, 1.82) is 0 Å². The molecule has 0 spiro atoms. The molecule has 2 aromatic rings. The Labute approximate surface area is 133 Å². The van der Waals surface area contributed by atoms with Crippen molar-refractivity contribution in [3.63, 3.8) is 0 Å². The summed E-state index contributed by atoms with van der Waals surface area (Å²) in [5.74, 6) is -0.191. The van der Waals surface area contributed by atoms with Gasteiger partial charge in [0.15, 0.2) is 0 Å². The third kappa shape index (κ3) is 2.92. The van der Waals surface area contributed by atoms with Crippen LogP contribution in [-0.4, -0.2) is 38.3 Å². The fraction of sp³-hybridized carbons (Fsp3) is 0.267. The van der Waals surface area contributed by atoms with Crippen molar-refractivity contribution in [1.82, 2.24) is 4.31 Å². The van der Waals surface area contributed by atoms with Crippen LogP contribution in [0.1, 0.15) is 6.42 Å². The minimum atomic E-state index is -3.58. The Morgan fingerprint density at radius 2 is 1.77 bits per heavy atom.